The third kappa shape index (κ3) is 6.70. The fourth-order valence-corrected chi connectivity index (χ4v) is 4.76. The number of benzene rings is 4. The molecule has 0 radical (unpaired) electrons. The summed E-state index contributed by atoms with van der Waals surface area (Å²) in [6.45, 7) is 0. The van der Waals surface area contributed by atoms with Gasteiger partial charge in [0.05, 0.1) is 17.7 Å². The molecule has 0 amide bonds. The van der Waals surface area contributed by atoms with E-state index in [0.717, 1.165) is 12.3 Å². The molecule has 0 aliphatic heterocycles. The molecule has 0 unspecified atom stereocenters. The predicted molar refractivity (Wildman–Crippen MR) is 140 cm³/mol. The first-order valence-electron chi connectivity index (χ1n) is 11.4. The van der Waals surface area contributed by atoms with Gasteiger partial charge in [-0.15, -0.1) is 0 Å². The van der Waals surface area contributed by atoms with E-state index < -0.39 is 39.8 Å². The molecule has 0 N–H and O–H groups in total. The Morgan fingerprint density at radius 3 is 1.55 bits per heavy atom. The van der Waals surface area contributed by atoms with Crippen LogP contribution in [0.15, 0.2) is 89.8 Å². The van der Waals surface area contributed by atoms with Crippen LogP contribution in [0.25, 0.3) is 22.3 Å². The van der Waals surface area contributed by atoms with Gasteiger partial charge in [0.2, 0.25) is 0 Å². The molecule has 0 spiro atoms. The van der Waals surface area contributed by atoms with Gasteiger partial charge >= 0.3 is 11.9 Å². The van der Waals surface area contributed by atoms with Gasteiger partial charge in [0, 0.05) is 11.3 Å². The highest BCUT2D eigenvalue weighted by Gasteiger charge is 2.18. The van der Waals surface area contributed by atoms with Gasteiger partial charge in [-0.25, -0.2) is 17.2 Å². The Morgan fingerprint density at radius 2 is 1.13 bits per heavy atom. The lowest BCUT2D eigenvalue weighted by molar-refractivity contribution is -0.158. The second-order valence-electron chi connectivity index (χ2n) is 8.61. The Morgan fingerprint density at radius 1 is 0.711 bits per heavy atom. The third-order valence-corrected chi connectivity index (χ3v) is 7.16. The minimum absolute atomic E-state index is 0.116. The maximum atomic E-state index is 14.0. The highest BCUT2D eigenvalue weighted by Crippen LogP contribution is 2.28. The summed E-state index contributed by atoms with van der Waals surface area (Å²) in [7, 11) is -3.40. The Balaban J connectivity index is 1.51. The Bertz CT molecular complexity index is 1620. The largest absolute Gasteiger partial charge is 0.393 e. The van der Waals surface area contributed by atoms with Crippen LogP contribution in [-0.4, -0.2) is 26.6 Å². The SMILES string of the molecule is CS(=O)(=O)c1ccc(-c2ccc(F)cc2CC(=O)OC(=O)Cc2cc(F)ccc2-c2ccc(Cl)cc2)cc1. The van der Waals surface area contributed by atoms with Crippen molar-refractivity contribution in [1.82, 2.24) is 0 Å². The van der Waals surface area contributed by atoms with Gasteiger partial charge in [-0.2, -0.15) is 0 Å². The molecule has 0 bridgehead atoms. The van der Waals surface area contributed by atoms with Crippen molar-refractivity contribution in [3.63, 3.8) is 0 Å². The van der Waals surface area contributed by atoms with Crippen molar-refractivity contribution in [1.29, 1.82) is 0 Å². The number of hydrogen-bond acceptors (Lipinski definition) is 5. The average molecular weight is 555 g/mol. The quantitative estimate of drug-likeness (QED) is 0.200. The van der Waals surface area contributed by atoms with E-state index in [1.807, 2.05) is 0 Å². The Kier molecular flexibility index (Phi) is 8.04. The van der Waals surface area contributed by atoms with Crippen LogP contribution in [0.5, 0.6) is 0 Å². The highest BCUT2D eigenvalue weighted by atomic mass is 35.5. The topological polar surface area (TPSA) is 77.5 Å². The van der Waals surface area contributed by atoms with Crippen LogP contribution in [0.2, 0.25) is 5.02 Å². The fraction of sp³-hybridized carbons (Fsp3) is 0.103. The van der Waals surface area contributed by atoms with Crippen LogP contribution in [0.3, 0.4) is 0 Å². The van der Waals surface area contributed by atoms with E-state index >= 15 is 0 Å². The van der Waals surface area contributed by atoms with Crippen LogP contribution in [0.4, 0.5) is 8.78 Å². The molecule has 5 nitrogen and oxygen atoms in total. The van der Waals surface area contributed by atoms with Crippen LogP contribution >= 0.6 is 11.6 Å². The summed E-state index contributed by atoms with van der Waals surface area (Å²) in [5.74, 6) is -2.96. The number of carbonyl (C=O) groups is 2. The van der Waals surface area contributed by atoms with E-state index in [2.05, 4.69) is 0 Å². The lowest BCUT2D eigenvalue weighted by Gasteiger charge is -2.12. The molecule has 0 aliphatic rings. The smallest absolute Gasteiger partial charge is 0.317 e. The summed E-state index contributed by atoms with van der Waals surface area (Å²) in [6.07, 6.45) is 0.296. The molecule has 9 heteroatoms. The van der Waals surface area contributed by atoms with Gasteiger partial charge in [-0.3, -0.25) is 9.59 Å². The second kappa shape index (κ2) is 11.2. The van der Waals surface area contributed by atoms with Crippen LogP contribution < -0.4 is 0 Å². The van der Waals surface area contributed by atoms with E-state index in [-0.39, 0.29) is 16.9 Å². The molecule has 0 saturated heterocycles. The minimum atomic E-state index is -3.40. The first kappa shape index (κ1) is 27.2. The number of hydrogen-bond donors (Lipinski definition) is 0. The van der Waals surface area contributed by atoms with Crippen molar-refractivity contribution in [2.75, 3.05) is 6.26 Å². The number of halogens is 3. The fourth-order valence-electron chi connectivity index (χ4n) is 4.00. The van der Waals surface area contributed by atoms with Gasteiger partial charge in [-0.1, -0.05) is 48.0 Å². The number of sulfone groups is 1. The number of rotatable bonds is 7. The Labute approximate surface area is 223 Å². The molecule has 4 aromatic rings. The summed E-state index contributed by atoms with van der Waals surface area (Å²) in [5.41, 5.74) is 2.89. The third-order valence-electron chi connectivity index (χ3n) is 5.78. The van der Waals surface area contributed by atoms with E-state index in [1.54, 1.807) is 36.4 Å². The summed E-state index contributed by atoms with van der Waals surface area (Å²) in [4.78, 5) is 25.3. The van der Waals surface area contributed by atoms with Crippen molar-refractivity contribution >= 4 is 33.4 Å². The molecule has 0 aliphatic carbocycles. The van der Waals surface area contributed by atoms with E-state index in [0.29, 0.717) is 32.8 Å². The summed E-state index contributed by atoms with van der Waals surface area (Å²) in [5, 5.41) is 0.519. The van der Waals surface area contributed by atoms with E-state index in [4.69, 9.17) is 16.3 Å². The maximum absolute atomic E-state index is 14.0. The van der Waals surface area contributed by atoms with Gasteiger partial charge in [0.25, 0.3) is 0 Å². The zero-order valence-electron chi connectivity index (χ0n) is 20.1. The molecule has 0 fully saturated rings. The normalized spacial score (nSPS) is 11.3. The second-order valence-corrected chi connectivity index (χ2v) is 11.1. The molecular weight excluding hydrogens is 534 g/mol. The van der Waals surface area contributed by atoms with Crippen LogP contribution in [0.1, 0.15) is 11.1 Å². The van der Waals surface area contributed by atoms with Gasteiger partial charge in [0.15, 0.2) is 9.84 Å². The molecule has 194 valence electrons. The van der Waals surface area contributed by atoms with Crippen LogP contribution in [0, 0.1) is 11.6 Å². The van der Waals surface area contributed by atoms with E-state index in [9.17, 15) is 26.8 Å². The number of ether oxygens (including phenoxy) is 1. The molecule has 4 aromatic carbocycles. The van der Waals surface area contributed by atoms with Gasteiger partial charge in [-0.05, 0) is 81.9 Å². The van der Waals surface area contributed by atoms with Crippen molar-refractivity contribution in [3.05, 3.63) is 113 Å². The monoisotopic (exact) mass is 554 g/mol. The standard InChI is InChI=1S/C29H21ClF2O5S/c1-38(35,36)25-10-4-19(5-11-25)27-13-9-24(32)15-21(27)17-29(34)37-28(33)16-20-14-23(31)8-12-26(20)18-2-6-22(30)7-3-18/h2-15H,16-17H2,1H3. The minimum Gasteiger partial charge on any atom is -0.393 e. The first-order valence-corrected chi connectivity index (χ1v) is 13.6. The Hall–Kier alpha value is -3.88. The summed E-state index contributed by atoms with van der Waals surface area (Å²) < 4.78 is 56.4. The molecule has 4 rings (SSSR count). The maximum Gasteiger partial charge on any atom is 0.317 e. The molecule has 0 saturated carbocycles. The molecule has 0 aromatic heterocycles. The van der Waals surface area contributed by atoms with Crippen LogP contribution in [-0.2, 0) is 37.0 Å². The zero-order valence-corrected chi connectivity index (χ0v) is 21.7. The lowest BCUT2D eigenvalue weighted by atomic mass is 9.97. The predicted octanol–water partition coefficient (Wildman–Crippen LogP) is 6.21. The summed E-state index contributed by atoms with van der Waals surface area (Å²) >= 11 is 5.94. The molecule has 38 heavy (non-hydrogen) atoms. The summed E-state index contributed by atoms with van der Waals surface area (Å²) in [6, 6.07) is 20.5. The lowest BCUT2D eigenvalue weighted by Crippen LogP contribution is -2.17. The zero-order chi connectivity index (χ0) is 27.4. The molecular formula is C29H21ClF2O5S. The molecule has 0 atom stereocenters. The van der Waals surface area contributed by atoms with Crippen molar-refractivity contribution < 1.29 is 31.5 Å². The number of esters is 2. The molecule has 0 heterocycles. The number of carbonyl (C=O) groups excluding carboxylic acids is 2. The van der Waals surface area contributed by atoms with Crippen molar-refractivity contribution in [2.24, 2.45) is 0 Å². The van der Waals surface area contributed by atoms with Gasteiger partial charge in [0.1, 0.15) is 11.6 Å². The van der Waals surface area contributed by atoms with Crippen molar-refractivity contribution in [2.45, 2.75) is 17.7 Å². The highest BCUT2D eigenvalue weighted by molar-refractivity contribution is 7.90. The van der Waals surface area contributed by atoms with E-state index in [1.165, 1.54) is 42.5 Å². The average Bonchev–Trinajstić information content (AvgIpc) is 2.84. The van der Waals surface area contributed by atoms with Crippen molar-refractivity contribution in [3.8, 4) is 22.3 Å². The van der Waals surface area contributed by atoms with Gasteiger partial charge < -0.3 is 4.74 Å². The first-order chi connectivity index (χ1) is 18.0.